The molecule has 0 atom stereocenters. The highest BCUT2D eigenvalue weighted by Crippen LogP contribution is 2.25. The van der Waals surface area contributed by atoms with Gasteiger partial charge in [-0.2, -0.15) is 18.3 Å². The van der Waals surface area contributed by atoms with E-state index in [1.807, 2.05) is 18.2 Å². The standard InChI is InChI=1S/C18H17N5O2S2/c19-12-14-4-1-2-5-15(14)13-22-8-10-23(11-9-22)27(24,25)17-7-3-6-16-18(17)21-26-20-16/h1-7H,8-11,13H2. The molecule has 1 aliphatic rings. The van der Waals surface area contributed by atoms with Crippen LogP contribution in [0, 0.1) is 11.3 Å². The van der Waals surface area contributed by atoms with Crippen molar-refractivity contribution in [3.63, 3.8) is 0 Å². The first-order valence-electron chi connectivity index (χ1n) is 8.51. The Hall–Kier alpha value is -2.38. The van der Waals surface area contributed by atoms with Gasteiger partial charge in [0.05, 0.1) is 23.4 Å². The van der Waals surface area contributed by atoms with Gasteiger partial charge in [0, 0.05) is 32.7 Å². The molecule has 1 fully saturated rings. The van der Waals surface area contributed by atoms with Crippen molar-refractivity contribution in [3.8, 4) is 6.07 Å². The highest BCUT2D eigenvalue weighted by Gasteiger charge is 2.30. The Kier molecular flexibility index (Phi) is 4.88. The third-order valence-corrected chi connectivity index (χ3v) is 7.20. The summed E-state index contributed by atoms with van der Waals surface area (Å²) >= 11 is 1.02. The molecule has 0 unspecified atom stereocenters. The van der Waals surface area contributed by atoms with E-state index >= 15 is 0 Å². The Morgan fingerprint density at radius 1 is 1.04 bits per heavy atom. The third kappa shape index (κ3) is 3.44. The van der Waals surface area contributed by atoms with Gasteiger partial charge in [-0.25, -0.2) is 8.42 Å². The third-order valence-electron chi connectivity index (χ3n) is 4.73. The maximum absolute atomic E-state index is 13.1. The zero-order valence-electron chi connectivity index (χ0n) is 14.4. The van der Waals surface area contributed by atoms with Crippen LogP contribution in [0.4, 0.5) is 0 Å². The number of nitrogens with zero attached hydrogens (tertiary/aromatic N) is 5. The molecule has 4 rings (SSSR count). The SMILES string of the molecule is N#Cc1ccccc1CN1CCN(S(=O)(=O)c2cccc3nsnc23)CC1. The van der Waals surface area contributed by atoms with Crippen LogP contribution < -0.4 is 0 Å². The lowest BCUT2D eigenvalue weighted by Gasteiger charge is -2.34. The number of fused-ring (bicyclic) bond motifs is 1. The molecule has 2 aromatic carbocycles. The van der Waals surface area contributed by atoms with Gasteiger partial charge in [0.1, 0.15) is 15.9 Å². The molecule has 0 aliphatic carbocycles. The van der Waals surface area contributed by atoms with Crippen molar-refractivity contribution < 1.29 is 8.42 Å². The first kappa shape index (κ1) is 18.0. The predicted octanol–water partition coefficient (Wildman–Crippen LogP) is 2.07. The second-order valence-electron chi connectivity index (χ2n) is 6.34. The minimum Gasteiger partial charge on any atom is -0.296 e. The molecular weight excluding hydrogens is 382 g/mol. The topological polar surface area (TPSA) is 90.2 Å². The summed E-state index contributed by atoms with van der Waals surface area (Å²) in [6.07, 6.45) is 0. The fraction of sp³-hybridized carbons (Fsp3) is 0.278. The largest absolute Gasteiger partial charge is 0.296 e. The minimum absolute atomic E-state index is 0.219. The van der Waals surface area contributed by atoms with Gasteiger partial charge in [-0.05, 0) is 23.8 Å². The summed E-state index contributed by atoms with van der Waals surface area (Å²) in [4.78, 5) is 2.39. The summed E-state index contributed by atoms with van der Waals surface area (Å²) in [5.41, 5.74) is 2.67. The molecule has 2 heterocycles. The average molecular weight is 400 g/mol. The van der Waals surface area contributed by atoms with E-state index in [2.05, 4.69) is 19.7 Å². The lowest BCUT2D eigenvalue weighted by atomic mass is 10.1. The summed E-state index contributed by atoms with van der Waals surface area (Å²) in [5.74, 6) is 0. The first-order chi connectivity index (χ1) is 13.1. The number of hydrogen-bond donors (Lipinski definition) is 0. The van der Waals surface area contributed by atoms with E-state index in [4.69, 9.17) is 0 Å². The van der Waals surface area contributed by atoms with Crippen LogP contribution in [0.15, 0.2) is 47.4 Å². The van der Waals surface area contributed by atoms with Gasteiger partial charge in [-0.1, -0.05) is 24.3 Å². The highest BCUT2D eigenvalue weighted by atomic mass is 32.2. The fourth-order valence-corrected chi connectivity index (χ4v) is 5.44. The van der Waals surface area contributed by atoms with Gasteiger partial charge < -0.3 is 0 Å². The summed E-state index contributed by atoms with van der Waals surface area (Å²) < 4.78 is 35.9. The summed E-state index contributed by atoms with van der Waals surface area (Å²) in [6, 6.07) is 14.8. The van der Waals surface area contributed by atoms with E-state index in [1.165, 1.54) is 4.31 Å². The van der Waals surface area contributed by atoms with Gasteiger partial charge in [-0.3, -0.25) is 4.90 Å². The van der Waals surface area contributed by atoms with E-state index in [1.54, 1.807) is 24.3 Å². The predicted molar refractivity (Wildman–Crippen MR) is 103 cm³/mol. The Labute approximate surface area is 161 Å². The Morgan fingerprint density at radius 2 is 1.81 bits per heavy atom. The average Bonchev–Trinajstić information content (AvgIpc) is 3.17. The molecule has 1 aliphatic heterocycles. The van der Waals surface area contributed by atoms with Crippen molar-refractivity contribution >= 4 is 32.8 Å². The molecule has 27 heavy (non-hydrogen) atoms. The Balaban J connectivity index is 1.49. The van der Waals surface area contributed by atoms with Crippen LogP contribution in [0.5, 0.6) is 0 Å². The number of nitriles is 1. The molecule has 0 bridgehead atoms. The molecular formula is C18H17N5O2S2. The molecule has 1 aromatic heterocycles. The normalized spacial score (nSPS) is 16.4. The zero-order chi connectivity index (χ0) is 18.9. The molecule has 9 heteroatoms. The van der Waals surface area contributed by atoms with Crippen molar-refractivity contribution in [1.82, 2.24) is 18.0 Å². The van der Waals surface area contributed by atoms with Crippen molar-refractivity contribution in [3.05, 3.63) is 53.6 Å². The molecule has 7 nitrogen and oxygen atoms in total. The van der Waals surface area contributed by atoms with Gasteiger partial charge in [0.25, 0.3) is 0 Å². The van der Waals surface area contributed by atoms with Crippen molar-refractivity contribution in [2.24, 2.45) is 0 Å². The van der Waals surface area contributed by atoms with E-state index in [9.17, 15) is 13.7 Å². The van der Waals surface area contributed by atoms with Crippen LogP contribution in [-0.4, -0.2) is 52.5 Å². The molecule has 0 N–H and O–H groups in total. The van der Waals surface area contributed by atoms with Gasteiger partial charge >= 0.3 is 0 Å². The Morgan fingerprint density at radius 3 is 2.59 bits per heavy atom. The molecule has 0 spiro atoms. The highest BCUT2D eigenvalue weighted by molar-refractivity contribution is 7.89. The van der Waals surface area contributed by atoms with Crippen LogP contribution in [0.1, 0.15) is 11.1 Å². The van der Waals surface area contributed by atoms with Crippen molar-refractivity contribution in [2.75, 3.05) is 26.2 Å². The quantitative estimate of drug-likeness (QED) is 0.667. The van der Waals surface area contributed by atoms with Crippen LogP contribution in [-0.2, 0) is 16.6 Å². The maximum Gasteiger partial charge on any atom is 0.245 e. The monoisotopic (exact) mass is 399 g/mol. The maximum atomic E-state index is 13.1. The number of sulfonamides is 1. The molecule has 138 valence electrons. The number of rotatable bonds is 4. The second-order valence-corrected chi connectivity index (χ2v) is 8.77. The van der Waals surface area contributed by atoms with Crippen LogP contribution in [0.25, 0.3) is 11.0 Å². The minimum atomic E-state index is -3.61. The lowest BCUT2D eigenvalue weighted by Crippen LogP contribution is -2.48. The molecule has 3 aromatic rings. The number of benzene rings is 2. The van der Waals surface area contributed by atoms with Gasteiger partial charge in [-0.15, -0.1) is 0 Å². The van der Waals surface area contributed by atoms with Crippen molar-refractivity contribution in [2.45, 2.75) is 11.4 Å². The zero-order valence-corrected chi connectivity index (χ0v) is 16.1. The second kappa shape index (κ2) is 7.32. The molecule has 0 amide bonds. The summed E-state index contributed by atoms with van der Waals surface area (Å²) in [6.45, 7) is 2.69. The molecule has 0 saturated carbocycles. The van der Waals surface area contributed by atoms with Gasteiger partial charge in [0.2, 0.25) is 10.0 Å². The smallest absolute Gasteiger partial charge is 0.245 e. The van der Waals surface area contributed by atoms with Crippen molar-refractivity contribution in [1.29, 1.82) is 5.26 Å². The summed E-state index contributed by atoms with van der Waals surface area (Å²) in [7, 11) is -3.61. The van der Waals surface area contributed by atoms with Gasteiger partial charge in [0.15, 0.2) is 0 Å². The van der Waals surface area contributed by atoms with E-state index in [0.29, 0.717) is 49.3 Å². The molecule has 1 saturated heterocycles. The van der Waals surface area contributed by atoms with E-state index in [-0.39, 0.29) is 4.90 Å². The lowest BCUT2D eigenvalue weighted by molar-refractivity contribution is 0.181. The van der Waals surface area contributed by atoms with Crippen LogP contribution in [0.2, 0.25) is 0 Å². The van der Waals surface area contributed by atoms with E-state index in [0.717, 1.165) is 17.3 Å². The molecule has 0 radical (unpaired) electrons. The van der Waals surface area contributed by atoms with Crippen LogP contribution in [0.3, 0.4) is 0 Å². The number of piperazine rings is 1. The number of hydrogen-bond acceptors (Lipinski definition) is 7. The summed E-state index contributed by atoms with van der Waals surface area (Å²) in [5, 5.41) is 9.23. The number of aromatic nitrogens is 2. The van der Waals surface area contributed by atoms with Crippen LogP contribution >= 0.6 is 11.7 Å². The Bertz CT molecular complexity index is 1110. The van der Waals surface area contributed by atoms with E-state index < -0.39 is 10.0 Å². The fourth-order valence-electron chi connectivity index (χ4n) is 3.26. The first-order valence-corrected chi connectivity index (χ1v) is 10.7.